The summed E-state index contributed by atoms with van der Waals surface area (Å²) in [6.45, 7) is 6.86. The fourth-order valence-electron chi connectivity index (χ4n) is 1.90. The van der Waals surface area contributed by atoms with Crippen molar-refractivity contribution < 1.29 is 4.74 Å². The summed E-state index contributed by atoms with van der Waals surface area (Å²) in [7, 11) is 0. The first kappa shape index (κ1) is 15.8. The molecule has 1 heterocycles. The van der Waals surface area contributed by atoms with Crippen molar-refractivity contribution in [3.05, 3.63) is 60.8 Å². The summed E-state index contributed by atoms with van der Waals surface area (Å²) in [4.78, 5) is 0. The molecule has 4 heteroatoms. The zero-order valence-electron chi connectivity index (χ0n) is 13.2. The van der Waals surface area contributed by atoms with E-state index in [1.165, 1.54) is 0 Å². The van der Waals surface area contributed by atoms with Crippen LogP contribution < -0.4 is 4.74 Å². The average Bonchev–Trinajstić information content (AvgIpc) is 3.07. The molecule has 0 saturated heterocycles. The second-order valence-electron chi connectivity index (χ2n) is 4.40. The van der Waals surface area contributed by atoms with Crippen LogP contribution in [0.3, 0.4) is 0 Å². The first-order valence-electron chi connectivity index (χ1n) is 7.58. The van der Waals surface area contributed by atoms with Gasteiger partial charge in [-0.1, -0.05) is 37.3 Å². The van der Waals surface area contributed by atoms with Crippen molar-refractivity contribution in [2.24, 2.45) is 0 Å². The molecule has 4 nitrogen and oxygen atoms in total. The quantitative estimate of drug-likeness (QED) is 0.695. The predicted molar refractivity (Wildman–Crippen MR) is 89.0 cm³/mol. The molecule has 0 aliphatic rings. The highest BCUT2D eigenvalue weighted by atomic mass is 16.5. The van der Waals surface area contributed by atoms with E-state index in [9.17, 15) is 0 Å². The molecule has 1 aromatic heterocycles. The lowest BCUT2D eigenvalue weighted by atomic mass is 10.1. The maximum Gasteiger partial charge on any atom is 0.127 e. The van der Waals surface area contributed by atoms with Crippen LogP contribution in [0.2, 0.25) is 0 Å². The Hall–Kier alpha value is -2.62. The van der Waals surface area contributed by atoms with Gasteiger partial charge in [0, 0.05) is 12.1 Å². The Kier molecular flexibility index (Phi) is 5.72. The van der Waals surface area contributed by atoms with Crippen LogP contribution in [0.5, 0.6) is 11.5 Å². The van der Waals surface area contributed by atoms with Gasteiger partial charge in [-0.15, -0.1) is 5.10 Å². The third-order valence-corrected chi connectivity index (χ3v) is 2.99. The normalized spacial score (nSPS) is 9.77. The van der Waals surface area contributed by atoms with Gasteiger partial charge in [0.05, 0.1) is 6.20 Å². The molecule has 22 heavy (non-hydrogen) atoms. The summed E-state index contributed by atoms with van der Waals surface area (Å²) < 4.78 is 7.56. The van der Waals surface area contributed by atoms with Crippen LogP contribution in [0.1, 0.15) is 20.8 Å². The first-order chi connectivity index (χ1) is 10.8. The van der Waals surface area contributed by atoms with Gasteiger partial charge in [0.2, 0.25) is 0 Å². The molecule has 0 amide bonds. The van der Waals surface area contributed by atoms with Crippen LogP contribution in [0.4, 0.5) is 0 Å². The Morgan fingerprint density at radius 1 is 0.909 bits per heavy atom. The molecule has 0 bridgehead atoms. The molecular formula is C18H21N3O. The Morgan fingerprint density at radius 3 is 2.14 bits per heavy atom. The summed E-state index contributed by atoms with van der Waals surface area (Å²) >= 11 is 0. The lowest BCUT2D eigenvalue weighted by Gasteiger charge is -2.05. The first-order valence-corrected chi connectivity index (χ1v) is 7.58. The molecule has 2 aromatic carbocycles. The van der Waals surface area contributed by atoms with E-state index in [4.69, 9.17) is 4.74 Å². The number of ether oxygens (including phenoxy) is 1. The summed E-state index contributed by atoms with van der Waals surface area (Å²) in [6, 6.07) is 17.6. The van der Waals surface area contributed by atoms with E-state index in [1.807, 2.05) is 86.2 Å². The third kappa shape index (κ3) is 3.95. The van der Waals surface area contributed by atoms with Crippen molar-refractivity contribution in [2.75, 3.05) is 0 Å². The van der Waals surface area contributed by atoms with E-state index in [1.54, 1.807) is 0 Å². The Labute approximate surface area is 131 Å². The maximum atomic E-state index is 5.75. The SMILES string of the molecule is CC.CCn1cc(-c2ccc(Oc3ccccc3)cc2)nn1. The van der Waals surface area contributed by atoms with Crippen molar-refractivity contribution >= 4 is 0 Å². The van der Waals surface area contributed by atoms with Crippen molar-refractivity contribution in [3.8, 4) is 22.8 Å². The van der Waals surface area contributed by atoms with E-state index in [0.29, 0.717) is 0 Å². The molecule has 114 valence electrons. The van der Waals surface area contributed by atoms with Gasteiger partial charge < -0.3 is 4.74 Å². The molecule has 0 radical (unpaired) electrons. The minimum atomic E-state index is 0.808. The third-order valence-electron chi connectivity index (χ3n) is 2.99. The smallest absolute Gasteiger partial charge is 0.127 e. The molecule has 0 aliphatic carbocycles. The van der Waals surface area contributed by atoms with Crippen LogP contribution in [0.15, 0.2) is 60.8 Å². The number of hydrogen-bond acceptors (Lipinski definition) is 3. The molecule has 0 N–H and O–H groups in total. The van der Waals surface area contributed by atoms with Gasteiger partial charge in [0.1, 0.15) is 17.2 Å². The topological polar surface area (TPSA) is 39.9 Å². The van der Waals surface area contributed by atoms with Crippen LogP contribution >= 0.6 is 0 Å². The largest absolute Gasteiger partial charge is 0.457 e. The number of aryl methyl sites for hydroxylation is 1. The van der Waals surface area contributed by atoms with Gasteiger partial charge in [-0.3, -0.25) is 4.68 Å². The number of rotatable bonds is 4. The number of para-hydroxylation sites is 1. The molecular weight excluding hydrogens is 274 g/mol. The van der Waals surface area contributed by atoms with Gasteiger partial charge >= 0.3 is 0 Å². The van der Waals surface area contributed by atoms with E-state index < -0.39 is 0 Å². The van der Waals surface area contributed by atoms with E-state index >= 15 is 0 Å². The van der Waals surface area contributed by atoms with E-state index in [2.05, 4.69) is 10.3 Å². The molecule has 0 unspecified atom stereocenters. The van der Waals surface area contributed by atoms with Crippen LogP contribution in [0.25, 0.3) is 11.3 Å². The Bertz CT molecular complexity index is 675. The van der Waals surface area contributed by atoms with Crippen LogP contribution in [-0.4, -0.2) is 15.0 Å². The van der Waals surface area contributed by atoms with Crippen molar-refractivity contribution in [1.29, 1.82) is 0 Å². The van der Waals surface area contributed by atoms with Gasteiger partial charge in [-0.05, 0) is 43.3 Å². The van der Waals surface area contributed by atoms with Gasteiger partial charge in [-0.25, -0.2) is 0 Å². The highest BCUT2D eigenvalue weighted by Crippen LogP contribution is 2.24. The fraction of sp³-hybridized carbons (Fsp3) is 0.222. The van der Waals surface area contributed by atoms with Gasteiger partial charge in [-0.2, -0.15) is 0 Å². The molecule has 0 fully saturated rings. The molecule has 3 rings (SSSR count). The molecule has 0 aliphatic heterocycles. The summed E-state index contributed by atoms with van der Waals surface area (Å²) in [6.07, 6.45) is 1.94. The van der Waals surface area contributed by atoms with E-state index in [0.717, 1.165) is 29.3 Å². The van der Waals surface area contributed by atoms with E-state index in [-0.39, 0.29) is 0 Å². The monoisotopic (exact) mass is 295 g/mol. The van der Waals surface area contributed by atoms with Crippen molar-refractivity contribution in [2.45, 2.75) is 27.3 Å². The minimum absolute atomic E-state index is 0.808. The fourth-order valence-corrected chi connectivity index (χ4v) is 1.90. The number of benzene rings is 2. The Morgan fingerprint density at radius 2 is 1.55 bits per heavy atom. The van der Waals surface area contributed by atoms with Crippen LogP contribution in [0, 0.1) is 0 Å². The zero-order chi connectivity index (χ0) is 15.8. The molecule has 0 atom stereocenters. The molecule has 0 spiro atoms. The second kappa shape index (κ2) is 7.98. The minimum Gasteiger partial charge on any atom is -0.457 e. The number of nitrogens with zero attached hydrogens (tertiary/aromatic N) is 3. The lowest BCUT2D eigenvalue weighted by molar-refractivity contribution is 0.483. The molecule has 0 saturated carbocycles. The number of aromatic nitrogens is 3. The Balaban J connectivity index is 0.000000847. The lowest BCUT2D eigenvalue weighted by Crippen LogP contribution is -1.93. The zero-order valence-corrected chi connectivity index (χ0v) is 13.2. The van der Waals surface area contributed by atoms with Gasteiger partial charge in [0.15, 0.2) is 0 Å². The highest BCUT2D eigenvalue weighted by molar-refractivity contribution is 5.58. The summed E-state index contributed by atoms with van der Waals surface area (Å²) in [5.74, 6) is 1.64. The number of hydrogen-bond donors (Lipinski definition) is 0. The van der Waals surface area contributed by atoms with Crippen LogP contribution in [-0.2, 0) is 6.54 Å². The van der Waals surface area contributed by atoms with Crippen molar-refractivity contribution in [1.82, 2.24) is 15.0 Å². The second-order valence-corrected chi connectivity index (χ2v) is 4.40. The maximum absolute atomic E-state index is 5.75. The molecule has 3 aromatic rings. The average molecular weight is 295 g/mol. The summed E-state index contributed by atoms with van der Waals surface area (Å²) in [5, 5.41) is 8.18. The summed E-state index contributed by atoms with van der Waals surface area (Å²) in [5.41, 5.74) is 1.91. The highest BCUT2D eigenvalue weighted by Gasteiger charge is 2.03. The predicted octanol–water partition coefficient (Wildman–Crippen LogP) is 4.78. The van der Waals surface area contributed by atoms with Crippen molar-refractivity contribution in [3.63, 3.8) is 0 Å². The van der Waals surface area contributed by atoms with Gasteiger partial charge in [0.25, 0.3) is 0 Å². The standard InChI is InChI=1S/C16H15N3O.C2H6/c1-2-19-12-16(17-18-19)13-8-10-15(11-9-13)20-14-6-4-3-5-7-14;1-2/h3-12H,2H2,1H3;1-2H3.